The average molecular weight is 627 g/mol. The van der Waals surface area contributed by atoms with E-state index in [4.69, 9.17) is 0 Å². The Hall–Kier alpha value is -6.25. The van der Waals surface area contributed by atoms with Gasteiger partial charge in [0, 0.05) is 26.0 Å². The number of fused-ring (bicyclic) bond motifs is 6. The van der Waals surface area contributed by atoms with Crippen LogP contribution < -0.4 is 0 Å². The van der Waals surface area contributed by atoms with Crippen molar-refractivity contribution in [3.8, 4) is 44.5 Å². The molecule has 0 aliphatic carbocycles. The average Bonchev–Trinajstić information content (AvgIpc) is 3.18. The lowest BCUT2D eigenvalue weighted by Crippen LogP contribution is -2.13. The van der Waals surface area contributed by atoms with Crippen LogP contribution >= 0.6 is 0 Å². The molecule has 0 unspecified atom stereocenters. The molecule has 0 N–H and O–H groups in total. The SMILES string of the molecule is CN1C=CC(c2cc(-c3ccncc3)cc(-c3cccc(-c4ccc5c6ccccc6c6cc(-c7ccccc7)ccc6c5c4)c3)c2)=CC1. The Bertz CT molecular complexity index is 2580. The van der Waals surface area contributed by atoms with Crippen molar-refractivity contribution in [3.05, 3.63) is 182 Å². The Balaban J connectivity index is 1.19. The molecule has 1 aromatic heterocycles. The number of benzene rings is 7. The molecule has 0 spiro atoms. The molecule has 0 fully saturated rings. The number of pyridine rings is 1. The minimum Gasteiger partial charge on any atom is -0.377 e. The van der Waals surface area contributed by atoms with E-state index in [9.17, 15) is 0 Å². The predicted octanol–water partition coefficient (Wildman–Crippen LogP) is 12.1. The van der Waals surface area contributed by atoms with Gasteiger partial charge in [-0.2, -0.15) is 0 Å². The van der Waals surface area contributed by atoms with Gasteiger partial charge in [-0.05, 0) is 149 Å². The Morgan fingerprint density at radius 3 is 1.59 bits per heavy atom. The molecule has 1 aliphatic rings. The molecule has 9 rings (SSSR count). The van der Waals surface area contributed by atoms with Gasteiger partial charge in [-0.25, -0.2) is 0 Å². The third-order valence-corrected chi connectivity index (χ3v) is 9.86. The summed E-state index contributed by atoms with van der Waals surface area (Å²) in [5, 5.41) is 7.70. The number of allylic oxidation sites excluding steroid dienone is 2. The molecule has 0 saturated heterocycles. The molecule has 7 aromatic carbocycles. The van der Waals surface area contributed by atoms with Crippen LogP contribution in [0, 0.1) is 0 Å². The third-order valence-electron chi connectivity index (χ3n) is 9.86. The van der Waals surface area contributed by atoms with Crippen LogP contribution in [0.25, 0.3) is 82.4 Å². The van der Waals surface area contributed by atoms with Gasteiger partial charge in [0.15, 0.2) is 0 Å². The molecule has 49 heavy (non-hydrogen) atoms. The summed E-state index contributed by atoms with van der Waals surface area (Å²) < 4.78 is 0. The summed E-state index contributed by atoms with van der Waals surface area (Å²) in [5.74, 6) is 0. The molecule has 2 heterocycles. The zero-order valence-corrected chi connectivity index (χ0v) is 27.3. The van der Waals surface area contributed by atoms with E-state index in [1.807, 2.05) is 12.4 Å². The number of likely N-dealkylation sites (N-methyl/N-ethyl adjacent to an activating group) is 1. The summed E-state index contributed by atoms with van der Waals surface area (Å²) in [6.45, 7) is 0.898. The van der Waals surface area contributed by atoms with E-state index in [2.05, 4.69) is 181 Å². The molecule has 232 valence electrons. The lowest BCUT2D eigenvalue weighted by molar-refractivity contribution is 0.506. The maximum absolute atomic E-state index is 4.26. The monoisotopic (exact) mass is 626 g/mol. The molecule has 2 nitrogen and oxygen atoms in total. The first-order valence-corrected chi connectivity index (χ1v) is 16.9. The summed E-state index contributed by atoms with van der Waals surface area (Å²) in [7, 11) is 2.11. The van der Waals surface area contributed by atoms with Crippen LogP contribution in [0.15, 0.2) is 176 Å². The fourth-order valence-corrected chi connectivity index (χ4v) is 7.29. The molecular weight excluding hydrogens is 593 g/mol. The van der Waals surface area contributed by atoms with Crippen molar-refractivity contribution in [2.24, 2.45) is 0 Å². The molecule has 0 radical (unpaired) electrons. The van der Waals surface area contributed by atoms with Crippen LogP contribution in [0.2, 0.25) is 0 Å². The fourth-order valence-electron chi connectivity index (χ4n) is 7.29. The zero-order chi connectivity index (χ0) is 32.7. The second-order valence-electron chi connectivity index (χ2n) is 13.0. The summed E-state index contributed by atoms with van der Waals surface area (Å²) in [5.41, 5.74) is 12.1. The van der Waals surface area contributed by atoms with Crippen LogP contribution in [0.1, 0.15) is 5.56 Å². The van der Waals surface area contributed by atoms with Gasteiger partial charge < -0.3 is 4.90 Å². The highest BCUT2D eigenvalue weighted by molar-refractivity contribution is 6.26. The first kappa shape index (κ1) is 28.9. The van der Waals surface area contributed by atoms with Gasteiger partial charge in [0.05, 0.1) is 0 Å². The van der Waals surface area contributed by atoms with Crippen molar-refractivity contribution in [1.29, 1.82) is 0 Å². The van der Waals surface area contributed by atoms with Gasteiger partial charge in [0.2, 0.25) is 0 Å². The molecule has 8 aromatic rings. The van der Waals surface area contributed by atoms with E-state index < -0.39 is 0 Å². The Morgan fingerprint density at radius 2 is 0.898 bits per heavy atom. The van der Waals surface area contributed by atoms with E-state index in [-0.39, 0.29) is 0 Å². The van der Waals surface area contributed by atoms with Crippen LogP contribution in [0.5, 0.6) is 0 Å². The maximum Gasteiger partial charge on any atom is 0.0359 e. The van der Waals surface area contributed by atoms with E-state index in [0.717, 1.165) is 12.1 Å². The molecule has 1 aliphatic heterocycles. The Labute approximate surface area is 286 Å². The highest BCUT2D eigenvalue weighted by atomic mass is 15.1. The normalized spacial score (nSPS) is 12.9. The standard InChI is InChI=1S/C47H34N2/c1-49-24-20-34(21-25-49)40-27-39(33-18-22-48-23-19-33)28-41(29-40)36-11-7-10-35(26-36)38-15-16-44-42-12-5-6-13-43(42)46-30-37(32-8-3-2-4-9-32)14-17-45(46)47(44)31-38/h2-24,26-31H,25H2,1H3. The zero-order valence-electron chi connectivity index (χ0n) is 27.3. The van der Waals surface area contributed by atoms with Gasteiger partial charge in [0.1, 0.15) is 0 Å². The minimum atomic E-state index is 0.898. The molecule has 2 heteroatoms. The topological polar surface area (TPSA) is 16.1 Å². The number of hydrogen-bond acceptors (Lipinski definition) is 2. The van der Waals surface area contributed by atoms with E-state index >= 15 is 0 Å². The van der Waals surface area contributed by atoms with E-state index in [1.165, 1.54) is 82.4 Å². The minimum absolute atomic E-state index is 0.898. The largest absolute Gasteiger partial charge is 0.377 e. The summed E-state index contributed by atoms with van der Waals surface area (Å²) >= 11 is 0. The number of aromatic nitrogens is 1. The van der Waals surface area contributed by atoms with Crippen LogP contribution in [-0.2, 0) is 0 Å². The van der Waals surface area contributed by atoms with Crippen LogP contribution in [-0.4, -0.2) is 23.5 Å². The van der Waals surface area contributed by atoms with Gasteiger partial charge >= 0.3 is 0 Å². The first-order valence-electron chi connectivity index (χ1n) is 16.9. The smallest absolute Gasteiger partial charge is 0.0359 e. The van der Waals surface area contributed by atoms with Gasteiger partial charge in [-0.15, -0.1) is 0 Å². The van der Waals surface area contributed by atoms with Crippen molar-refractivity contribution < 1.29 is 0 Å². The van der Waals surface area contributed by atoms with Gasteiger partial charge in [0.25, 0.3) is 0 Å². The lowest BCUT2D eigenvalue weighted by Gasteiger charge is -2.19. The van der Waals surface area contributed by atoms with Gasteiger partial charge in [-0.1, -0.05) is 103 Å². The van der Waals surface area contributed by atoms with Crippen LogP contribution in [0.3, 0.4) is 0 Å². The summed E-state index contributed by atoms with van der Waals surface area (Å²) in [6, 6.07) is 53.5. The highest BCUT2D eigenvalue weighted by Gasteiger charge is 2.13. The first-order chi connectivity index (χ1) is 24.2. The van der Waals surface area contributed by atoms with E-state index in [0.29, 0.717) is 0 Å². The van der Waals surface area contributed by atoms with Crippen LogP contribution in [0.4, 0.5) is 0 Å². The third kappa shape index (κ3) is 5.38. The quantitative estimate of drug-likeness (QED) is 0.177. The molecule has 0 atom stereocenters. The highest BCUT2D eigenvalue weighted by Crippen LogP contribution is 2.40. The van der Waals surface area contributed by atoms with Crippen molar-refractivity contribution in [3.63, 3.8) is 0 Å². The van der Waals surface area contributed by atoms with Gasteiger partial charge in [-0.3, -0.25) is 4.98 Å². The summed E-state index contributed by atoms with van der Waals surface area (Å²) in [6.07, 6.45) is 10.4. The van der Waals surface area contributed by atoms with Crippen molar-refractivity contribution in [2.45, 2.75) is 0 Å². The van der Waals surface area contributed by atoms with Crippen molar-refractivity contribution in [2.75, 3.05) is 13.6 Å². The fraction of sp³-hybridized carbons (Fsp3) is 0.0426. The van der Waals surface area contributed by atoms with Crippen molar-refractivity contribution in [1.82, 2.24) is 9.88 Å². The van der Waals surface area contributed by atoms with Crippen molar-refractivity contribution >= 4 is 37.9 Å². The molecule has 0 bridgehead atoms. The second kappa shape index (κ2) is 12.1. The number of hydrogen-bond donors (Lipinski definition) is 0. The Kier molecular flexibility index (Phi) is 7.13. The lowest BCUT2D eigenvalue weighted by atomic mass is 9.89. The maximum atomic E-state index is 4.26. The molecule has 0 saturated carbocycles. The van der Waals surface area contributed by atoms with E-state index in [1.54, 1.807) is 0 Å². The number of nitrogens with zero attached hydrogens (tertiary/aromatic N) is 2. The second-order valence-corrected chi connectivity index (χ2v) is 13.0. The molecule has 0 amide bonds. The molecular formula is C47H34N2. The Morgan fingerprint density at radius 1 is 0.408 bits per heavy atom. The summed E-state index contributed by atoms with van der Waals surface area (Å²) in [4.78, 5) is 6.46. The predicted molar refractivity (Wildman–Crippen MR) is 208 cm³/mol. The number of rotatable bonds is 5.